The Morgan fingerprint density at radius 1 is 0.943 bits per heavy atom. The lowest BCUT2D eigenvalue weighted by Crippen LogP contribution is -2.49. The Morgan fingerprint density at radius 3 is 1.94 bits per heavy atom. The quantitative estimate of drug-likeness (QED) is 0.172. The predicted octanol–water partition coefficient (Wildman–Crippen LogP) is 6.48. The molecule has 0 spiro atoms. The highest BCUT2D eigenvalue weighted by Gasteiger charge is 2.48. The largest absolute Gasteiger partial charge is 0.454 e. The maximum absolute atomic E-state index is 13.1. The number of aryl methyl sites for hydroxylation is 2. The lowest BCUT2D eigenvalue weighted by molar-refractivity contribution is -0.152. The third-order valence-corrected chi connectivity index (χ3v) is 8.07. The molecule has 12 heteroatoms. The molecule has 2 aromatic rings. The lowest BCUT2D eigenvalue weighted by atomic mass is 10.0. The van der Waals surface area contributed by atoms with Gasteiger partial charge in [0.1, 0.15) is 6.04 Å². The zero-order valence-electron chi connectivity index (χ0n) is 18.9. The van der Waals surface area contributed by atoms with E-state index in [0.717, 1.165) is 15.6 Å². The fraction of sp³-hybridized carbons (Fsp3) is 0.304. The first-order valence-corrected chi connectivity index (χ1v) is 12.5. The number of ether oxygens (including phenoxy) is 1. The summed E-state index contributed by atoms with van der Waals surface area (Å²) in [4.78, 5) is 52.4. The maximum atomic E-state index is 13.1. The van der Waals surface area contributed by atoms with Gasteiger partial charge in [-0.15, -0.1) is 0 Å². The van der Waals surface area contributed by atoms with Gasteiger partial charge in [0.25, 0.3) is 17.7 Å². The van der Waals surface area contributed by atoms with E-state index in [1.165, 1.54) is 0 Å². The second-order valence-corrected chi connectivity index (χ2v) is 10.6. The van der Waals surface area contributed by atoms with Gasteiger partial charge in [-0.1, -0.05) is 76.2 Å². The van der Waals surface area contributed by atoms with Gasteiger partial charge in [0.05, 0.1) is 31.2 Å². The van der Waals surface area contributed by atoms with Crippen LogP contribution in [-0.2, 0) is 14.3 Å². The molecule has 1 aliphatic rings. The molecule has 0 aromatic heterocycles. The molecule has 0 saturated carbocycles. The van der Waals surface area contributed by atoms with Crippen molar-refractivity contribution in [1.82, 2.24) is 4.90 Å². The average Bonchev–Trinajstić information content (AvgIpc) is 3.03. The minimum atomic E-state index is -1.35. The monoisotopic (exact) mass is 622 g/mol. The number of amides is 3. The molecule has 0 radical (unpaired) electrons. The van der Waals surface area contributed by atoms with Gasteiger partial charge in [0.15, 0.2) is 6.61 Å². The summed E-state index contributed by atoms with van der Waals surface area (Å²) >= 11 is 27.9. The lowest BCUT2D eigenvalue weighted by Gasteiger charge is -2.27. The van der Waals surface area contributed by atoms with E-state index < -0.39 is 42.3 Å². The third-order valence-electron chi connectivity index (χ3n) is 5.41. The van der Waals surface area contributed by atoms with E-state index in [1.807, 2.05) is 19.9 Å². The van der Waals surface area contributed by atoms with Gasteiger partial charge in [-0.3, -0.25) is 19.3 Å². The number of rotatable bonds is 6. The molecule has 1 N–H and O–H groups in total. The number of fused-ring (bicyclic) bond motifs is 1. The van der Waals surface area contributed by atoms with Gasteiger partial charge in [0.2, 0.25) is 0 Å². The van der Waals surface area contributed by atoms with Crippen molar-refractivity contribution in [2.75, 3.05) is 11.9 Å². The van der Waals surface area contributed by atoms with Crippen molar-refractivity contribution in [3.63, 3.8) is 0 Å². The van der Waals surface area contributed by atoms with Crippen molar-refractivity contribution in [3.05, 3.63) is 58.9 Å². The molecule has 35 heavy (non-hydrogen) atoms. The van der Waals surface area contributed by atoms with Crippen LogP contribution in [0.25, 0.3) is 0 Å². The summed E-state index contributed by atoms with van der Waals surface area (Å²) in [6, 6.07) is 2.28. The molecular weight excluding hydrogens is 606 g/mol. The number of anilines is 1. The van der Waals surface area contributed by atoms with E-state index in [1.54, 1.807) is 19.9 Å². The molecule has 186 valence electrons. The third kappa shape index (κ3) is 5.18. The molecule has 1 aliphatic heterocycles. The Bertz CT molecular complexity index is 1230. The molecule has 0 bridgehead atoms. The molecule has 3 rings (SSSR count). The summed E-state index contributed by atoms with van der Waals surface area (Å²) in [5.74, 6) is -3.82. The number of benzene rings is 2. The number of nitrogens with one attached hydrogen (secondary N) is 1. The summed E-state index contributed by atoms with van der Waals surface area (Å²) in [5.41, 5.74) is 1.79. The zero-order chi connectivity index (χ0) is 26.4. The number of nitrogens with zero attached hydrogens (tertiary/aromatic N) is 1. The molecule has 0 fully saturated rings. The fourth-order valence-electron chi connectivity index (χ4n) is 3.62. The Morgan fingerprint density at radius 2 is 1.46 bits per heavy atom. The summed E-state index contributed by atoms with van der Waals surface area (Å²) in [5, 5.41) is 1.83. The second-order valence-electron chi connectivity index (χ2n) is 8.25. The molecule has 0 unspecified atom stereocenters. The Balaban J connectivity index is 1.81. The number of hydrogen-bond donors (Lipinski definition) is 1. The SMILES string of the molecule is Cc1cc(NC(=O)COC(=O)[C@@H](C(C)C)N2C(=O)c3c(Cl)c(Cl)c(Cl)c(Cl)c3C2=O)c(C)cc1Br. The Kier molecular flexibility index (Phi) is 8.44. The number of halogens is 5. The average molecular weight is 625 g/mol. The zero-order valence-corrected chi connectivity index (χ0v) is 23.5. The van der Waals surface area contributed by atoms with Crippen LogP contribution < -0.4 is 5.32 Å². The van der Waals surface area contributed by atoms with E-state index in [4.69, 9.17) is 51.1 Å². The molecule has 3 amide bonds. The van der Waals surface area contributed by atoms with E-state index in [2.05, 4.69) is 21.2 Å². The van der Waals surface area contributed by atoms with Crippen LogP contribution in [0.15, 0.2) is 16.6 Å². The maximum Gasteiger partial charge on any atom is 0.330 e. The van der Waals surface area contributed by atoms with Crippen LogP contribution >= 0.6 is 62.3 Å². The van der Waals surface area contributed by atoms with Crippen LogP contribution in [-0.4, -0.2) is 41.2 Å². The van der Waals surface area contributed by atoms with Gasteiger partial charge in [0, 0.05) is 10.2 Å². The van der Waals surface area contributed by atoms with Crippen LogP contribution in [0.4, 0.5) is 5.69 Å². The summed E-state index contributed by atoms with van der Waals surface area (Å²) in [7, 11) is 0. The number of carbonyl (C=O) groups is 4. The highest BCUT2D eigenvalue weighted by molar-refractivity contribution is 9.10. The highest BCUT2D eigenvalue weighted by atomic mass is 79.9. The van der Waals surface area contributed by atoms with Gasteiger partial charge in [-0.2, -0.15) is 0 Å². The normalized spacial score (nSPS) is 13.8. The highest BCUT2D eigenvalue weighted by Crippen LogP contribution is 2.45. The van der Waals surface area contributed by atoms with Crippen LogP contribution in [0.1, 0.15) is 45.7 Å². The minimum Gasteiger partial charge on any atom is -0.454 e. The van der Waals surface area contributed by atoms with Crippen molar-refractivity contribution < 1.29 is 23.9 Å². The van der Waals surface area contributed by atoms with E-state index >= 15 is 0 Å². The van der Waals surface area contributed by atoms with Crippen molar-refractivity contribution in [3.8, 4) is 0 Å². The van der Waals surface area contributed by atoms with Crippen molar-refractivity contribution in [2.45, 2.75) is 33.7 Å². The molecule has 2 aromatic carbocycles. The van der Waals surface area contributed by atoms with Crippen LogP contribution in [0.2, 0.25) is 20.1 Å². The van der Waals surface area contributed by atoms with Gasteiger partial charge >= 0.3 is 5.97 Å². The van der Waals surface area contributed by atoms with Gasteiger partial charge in [-0.25, -0.2) is 4.79 Å². The number of hydrogen-bond acceptors (Lipinski definition) is 5. The van der Waals surface area contributed by atoms with Crippen LogP contribution in [0.5, 0.6) is 0 Å². The number of carbonyl (C=O) groups excluding carboxylic acids is 4. The van der Waals surface area contributed by atoms with Gasteiger partial charge in [-0.05, 0) is 43.0 Å². The molecule has 0 aliphatic carbocycles. The van der Waals surface area contributed by atoms with Gasteiger partial charge < -0.3 is 10.1 Å². The molecule has 0 saturated heterocycles. The molecule has 7 nitrogen and oxygen atoms in total. The summed E-state index contributed by atoms with van der Waals surface area (Å²) in [6.07, 6.45) is 0. The van der Waals surface area contributed by atoms with Crippen molar-refractivity contribution in [2.24, 2.45) is 5.92 Å². The number of imide groups is 1. The first kappa shape index (κ1) is 27.7. The van der Waals surface area contributed by atoms with Crippen molar-refractivity contribution >= 4 is 91.7 Å². The van der Waals surface area contributed by atoms with Crippen LogP contribution in [0, 0.1) is 19.8 Å². The molecule has 1 heterocycles. The predicted molar refractivity (Wildman–Crippen MR) is 139 cm³/mol. The minimum absolute atomic E-state index is 0.182. The van der Waals surface area contributed by atoms with E-state index in [0.29, 0.717) is 10.6 Å². The standard InChI is InChI=1S/C23H19BrCl4N2O5/c1-8(2)20(23(34)35-7-13(31)29-12-6-9(3)11(24)5-10(12)4)30-21(32)14-15(22(30)33)17(26)19(28)18(27)16(14)25/h5-6,8,20H,7H2,1-4H3,(H,29,31)/t20-/m1/s1. The van der Waals surface area contributed by atoms with Crippen LogP contribution in [0.3, 0.4) is 0 Å². The Hall–Kier alpha value is -1.84. The van der Waals surface area contributed by atoms with E-state index in [9.17, 15) is 19.2 Å². The van der Waals surface area contributed by atoms with Crippen molar-refractivity contribution in [1.29, 1.82) is 0 Å². The fourth-order valence-corrected chi connectivity index (χ4v) is 5.09. The first-order valence-electron chi connectivity index (χ1n) is 10.2. The second kappa shape index (κ2) is 10.6. The Labute approximate surface area is 230 Å². The summed E-state index contributed by atoms with van der Waals surface area (Å²) < 4.78 is 6.08. The smallest absolute Gasteiger partial charge is 0.330 e. The summed E-state index contributed by atoms with van der Waals surface area (Å²) in [6.45, 7) is 6.29. The molecular formula is C23H19BrCl4N2O5. The molecule has 1 atom stereocenters. The number of esters is 1. The first-order chi connectivity index (χ1) is 16.3. The van der Waals surface area contributed by atoms with E-state index in [-0.39, 0.29) is 31.2 Å². The topological polar surface area (TPSA) is 92.8 Å².